The van der Waals surface area contributed by atoms with Gasteiger partial charge in [0.2, 0.25) is 0 Å². The van der Waals surface area contributed by atoms with Crippen LogP contribution in [-0.2, 0) is 4.79 Å². The molecule has 0 amide bonds. The Balaban J connectivity index is 3.91. The fourth-order valence-electron chi connectivity index (χ4n) is 0.186. The van der Waals surface area contributed by atoms with Crippen LogP contribution in [0.25, 0.3) is 0 Å². The zero-order valence-corrected chi connectivity index (χ0v) is 4.41. The van der Waals surface area contributed by atoms with Gasteiger partial charge in [-0.05, 0) is 0 Å². The predicted molar refractivity (Wildman–Crippen MR) is 28.3 cm³/mol. The lowest BCUT2D eigenvalue weighted by Crippen LogP contribution is -2.26. The molecule has 1 atom stereocenters. The first kappa shape index (κ1) is 7.67. The van der Waals surface area contributed by atoms with Gasteiger partial charge >= 0.3 is 5.97 Å². The summed E-state index contributed by atoms with van der Waals surface area (Å²) in [4.78, 5) is 12.3. The summed E-state index contributed by atoms with van der Waals surface area (Å²) in [5, 5.41) is 7.84. The van der Waals surface area contributed by atoms with Gasteiger partial charge in [0, 0.05) is 0 Å². The minimum Gasteiger partial charge on any atom is -0.478 e. The molecule has 9 heavy (non-hydrogen) atoms. The van der Waals surface area contributed by atoms with E-state index in [9.17, 15) is 9.18 Å². The largest absolute Gasteiger partial charge is 0.478 e. The summed E-state index contributed by atoms with van der Waals surface area (Å²) < 4.78 is 11.8. The van der Waals surface area contributed by atoms with Gasteiger partial charge in [-0.1, -0.05) is 0 Å². The van der Waals surface area contributed by atoms with Crippen molar-refractivity contribution in [1.29, 1.82) is 0 Å². The zero-order valence-electron chi connectivity index (χ0n) is 4.41. The first-order valence-corrected chi connectivity index (χ1v) is 1.99. The van der Waals surface area contributed by atoms with Gasteiger partial charge in [0.25, 0.3) is 6.30 Å². The smallest absolute Gasteiger partial charge is 0.361 e. The zero-order chi connectivity index (χ0) is 7.44. The summed E-state index contributed by atoms with van der Waals surface area (Å²) in [6.45, 7) is 0. The summed E-state index contributed by atoms with van der Waals surface area (Å²) >= 11 is 0. The number of rotatable bonds is 2. The van der Waals surface area contributed by atoms with Crippen LogP contribution >= 0.6 is 0 Å². The Morgan fingerprint density at radius 1 is 1.67 bits per heavy atom. The van der Waals surface area contributed by atoms with Gasteiger partial charge in [0.15, 0.2) is 5.96 Å². The Hall–Kier alpha value is -1.33. The lowest BCUT2D eigenvalue weighted by Gasteiger charge is -1.93. The summed E-state index contributed by atoms with van der Waals surface area (Å²) in [5.74, 6) is -2.28. The van der Waals surface area contributed by atoms with E-state index in [4.69, 9.17) is 5.11 Å². The number of aliphatic imine (C=N–C) groups is 1. The maximum Gasteiger partial charge on any atom is 0.361 e. The van der Waals surface area contributed by atoms with Crippen molar-refractivity contribution in [2.75, 3.05) is 0 Å². The Kier molecular flexibility index (Phi) is 2.43. The Morgan fingerprint density at radius 2 is 2.11 bits per heavy atom. The van der Waals surface area contributed by atoms with E-state index >= 15 is 0 Å². The summed E-state index contributed by atoms with van der Waals surface area (Å²) in [7, 11) is 0. The van der Waals surface area contributed by atoms with E-state index in [-0.39, 0.29) is 0 Å². The number of carboxylic acid groups (broad SMARTS) is 1. The van der Waals surface area contributed by atoms with Crippen molar-refractivity contribution in [1.82, 2.24) is 0 Å². The van der Waals surface area contributed by atoms with E-state index in [0.717, 1.165) is 0 Å². The molecule has 0 spiro atoms. The summed E-state index contributed by atoms with van der Waals surface area (Å²) in [5.41, 5.74) is 9.31. The molecular formula is C3H6FN3O2. The van der Waals surface area contributed by atoms with Crippen LogP contribution in [0.3, 0.4) is 0 Å². The van der Waals surface area contributed by atoms with Gasteiger partial charge in [0.1, 0.15) is 0 Å². The SMILES string of the molecule is NC(N)=NC(F)C(=O)O. The van der Waals surface area contributed by atoms with Crippen LogP contribution in [0.1, 0.15) is 0 Å². The van der Waals surface area contributed by atoms with E-state index < -0.39 is 18.2 Å². The van der Waals surface area contributed by atoms with Gasteiger partial charge in [-0.15, -0.1) is 0 Å². The Labute approximate surface area is 50.2 Å². The molecule has 0 aromatic heterocycles. The number of halogens is 1. The molecule has 0 heterocycles. The number of hydrogen-bond acceptors (Lipinski definition) is 2. The topological polar surface area (TPSA) is 102 Å². The second-order valence-corrected chi connectivity index (χ2v) is 1.23. The van der Waals surface area contributed by atoms with Gasteiger partial charge in [-0.2, -0.15) is 0 Å². The fourth-order valence-corrected chi connectivity index (χ4v) is 0.186. The molecular weight excluding hydrogens is 129 g/mol. The molecule has 0 saturated carbocycles. The first-order chi connectivity index (χ1) is 4.04. The third kappa shape index (κ3) is 3.27. The van der Waals surface area contributed by atoms with Gasteiger partial charge in [-0.3, -0.25) is 0 Å². The highest BCUT2D eigenvalue weighted by Gasteiger charge is 2.12. The molecule has 0 radical (unpaired) electrons. The maximum atomic E-state index is 11.8. The average molecular weight is 135 g/mol. The number of alkyl halides is 1. The highest BCUT2D eigenvalue weighted by Crippen LogP contribution is 1.89. The molecule has 0 aliphatic heterocycles. The average Bonchev–Trinajstić information content (AvgIpc) is 1.63. The number of carbonyl (C=O) groups is 1. The third-order valence-corrected chi connectivity index (χ3v) is 0.466. The molecule has 0 aromatic carbocycles. The number of carboxylic acids is 1. The third-order valence-electron chi connectivity index (χ3n) is 0.466. The number of nitrogens with two attached hydrogens (primary N) is 2. The Bertz CT molecular complexity index is 142. The quantitative estimate of drug-likeness (QED) is 0.247. The maximum absolute atomic E-state index is 11.8. The van der Waals surface area contributed by atoms with Gasteiger partial charge < -0.3 is 16.6 Å². The number of nitrogens with zero attached hydrogens (tertiary/aromatic N) is 1. The molecule has 0 fully saturated rings. The molecule has 6 heteroatoms. The highest BCUT2D eigenvalue weighted by atomic mass is 19.1. The lowest BCUT2D eigenvalue weighted by atomic mass is 10.6. The predicted octanol–water partition coefficient (Wildman–Crippen LogP) is -1.36. The molecule has 0 saturated heterocycles. The minimum atomic E-state index is -2.35. The van der Waals surface area contributed by atoms with Crippen LogP contribution < -0.4 is 11.5 Å². The molecule has 0 bridgehead atoms. The van der Waals surface area contributed by atoms with Crippen molar-refractivity contribution >= 4 is 11.9 Å². The molecule has 0 aliphatic rings. The molecule has 0 aromatic rings. The van der Waals surface area contributed by atoms with Crippen molar-refractivity contribution in [3.63, 3.8) is 0 Å². The monoisotopic (exact) mass is 135 g/mol. The molecule has 0 rings (SSSR count). The van der Waals surface area contributed by atoms with E-state index in [2.05, 4.69) is 16.5 Å². The molecule has 5 N–H and O–H groups in total. The molecule has 5 nitrogen and oxygen atoms in total. The molecule has 0 aliphatic carbocycles. The highest BCUT2D eigenvalue weighted by molar-refractivity contribution is 5.80. The van der Waals surface area contributed by atoms with E-state index in [1.807, 2.05) is 0 Å². The second kappa shape index (κ2) is 2.85. The van der Waals surface area contributed by atoms with Crippen molar-refractivity contribution in [3.8, 4) is 0 Å². The normalized spacial score (nSPS) is 12.1. The van der Waals surface area contributed by atoms with Crippen LogP contribution in [0.5, 0.6) is 0 Å². The van der Waals surface area contributed by atoms with E-state index in [0.29, 0.717) is 0 Å². The van der Waals surface area contributed by atoms with Gasteiger partial charge in [-0.25, -0.2) is 14.2 Å². The summed E-state index contributed by atoms with van der Waals surface area (Å²) in [6.07, 6.45) is -2.35. The number of hydrogen-bond donors (Lipinski definition) is 3. The van der Waals surface area contributed by atoms with Crippen LogP contribution in [0, 0.1) is 0 Å². The van der Waals surface area contributed by atoms with Crippen molar-refractivity contribution in [3.05, 3.63) is 0 Å². The van der Waals surface area contributed by atoms with Crippen LogP contribution in [-0.4, -0.2) is 23.3 Å². The van der Waals surface area contributed by atoms with Crippen molar-refractivity contribution in [2.24, 2.45) is 16.5 Å². The Morgan fingerprint density at radius 3 is 2.22 bits per heavy atom. The number of aliphatic carboxylic acids is 1. The molecule has 52 valence electrons. The second-order valence-electron chi connectivity index (χ2n) is 1.23. The van der Waals surface area contributed by atoms with Crippen LogP contribution in [0.2, 0.25) is 0 Å². The van der Waals surface area contributed by atoms with E-state index in [1.165, 1.54) is 0 Å². The first-order valence-electron chi connectivity index (χ1n) is 1.99. The lowest BCUT2D eigenvalue weighted by molar-refractivity contribution is -0.142. The number of guanidine groups is 1. The van der Waals surface area contributed by atoms with Crippen molar-refractivity contribution < 1.29 is 14.3 Å². The fraction of sp³-hybridized carbons (Fsp3) is 0.333. The minimum absolute atomic E-state index is 0.579. The van der Waals surface area contributed by atoms with Gasteiger partial charge in [0.05, 0.1) is 0 Å². The van der Waals surface area contributed by atoms with Crippen molar-refractivity contribution in [2.45, 2.75) is 6.30 Å². The van der Waals surface area contributed by atoms with E-state index in [1.54, 1.807) is 0 Å². The molecule has 1 unspecified atom stereocenters. The summed E-state index contributed by atoms with van der Waals surface area (Å²) in [6, 6.07) is 0. The van der Waals surface area contributed by atoms with Crippen LogP contribution in [0.15, 0.2) is 4.99 Å². The van der Waals surface area contributed by atoms with Crippen LogP contribution in [0.4, 0.5) is 4.39 Å². The standard InChI is InChI=1S/C3H6FN3O2/c4-1(2(8)9)7-3(5)6/h1H,(H,8,9)(H4,5,6,7).